The lowest BCUT2D eigenvalue weighted by Gasteiger charge is -1.99. The molecule has 0 spiro atoms. The quantitative estimate of drug-likeness (QED) is 0.677. The maximum Gasteiger partial charge on any atom is 0.334 e. The van der Waals surface area contributed by atoms with E-state index in [9.17, 15) is 12.3 Å². The zero-order chi connectivity index (χ0) is 10.2. The van der Waals surface area contributed by atoms with Crippen LogP contribution in [0, 0.1) is 0 Å². The molecule has 0 unspecified atom stereocenters. The van der Waals surface area contributed by atoms with E-state index in [1.165, 1.54) is 18.3 Å². The third kappa shape index (κ3) is 1.46. The van der Waals surface area contributed by atoms with Crippen molar-refractivity contribution in [3.8, 4) is 0 Å². The Hall–Kier alpha value is -1.49. The van der Waals surface area contributed by atoms with Crippen molar-refractivity contribution in [1.29, 1.82) is 0 Å². The van der Waals surface area contributed by atoms with E-state index in [1.54, 1.807) is 18.2 Å². The van der Waals surface area contributed by atoms with E-state index in [1.807, 2.05) is 0 Å². The van der Waals surface area contributed by atoms with Gasteiger partial charge >= 0.3 is 10.2 Å². The topological polar surface area (TPSA) is 47.0 Å². The number of hydrogen-bond acceptors (Lipinski definition) is 3. The Kier molecular flexibility index (Phi) is 1.96. The first-order valence-electron chi connectivity index (χ1n) is 3.87. The average molecular weight is 211 g/mol. The number of fused-ring (bicyclic) bond motifs is 1. The number of benzene rings is 1. The molecule has 0 amide bonds. The lowest BCUT2D eigenvalue weighted by atomic mass is 10.2. The van der Waals surface area contributed by atoms with Crippen LogP contribution in [-0.4, -0.2) is 13.4 Å². The summed E-state index contributed by atoms with van der Waals surface area (Å²) in [5.74, 6) is 0. The first kappa shape index (κ1) is 9.08. The molecule has 0 aliphatic heterocycles. The van der Waals surface area contributed by atoms with Gasteiger partial charge < -0.3 is 0 Å². The van der Waals surface area contributed by atoms with Gasteiger partial charge in [0.25, 0.3) is 0 Å². The summed E-state index contributed by atoms with van der Waals surface area (Å²) in [5.41, 5.74) is 0.164. The Bertz CT molecular complexity index is 575. The third-order valence-corrected chi connectivity index (χ3v) is 2.71. The Morgan fingerprint density at radius 3 is 2.57 bits per heavy atom. The Balaban J connectivity index is 2.92. The molecule has 1 aromatic heterocycles. The normalized spacial score (nSPS) is 11.8. The molecule has 5 heteroatoms. The first-order chi connectivity index (χ1) is 6.59. The van der Waals surface area contributed by atoms with Crippen LogP contribution in [0.5, 0.6) is 0 Å². The summed E-state index contributed by atoms with van der Waals surface area (Å²) >= 11 is 0. The second-order valence-electron chi connectivity index (χ2n) is 2.77. The number of para-hydroxylation sites is 1. The van der Waals surface area contributed by atoms with Crippen molar-refractivity contribution >= 4 is 21.1 Å². The summed E-state index contributed by atoms with van der Waals surface area (Å²) in [6.07, 6.45) is 1.43. The van der Waals surface area contributed by atoms with E-state index >= 15 is 0 Å². The highest BCUT2D eigenvalue weighted by atomic mass is 32.3. The molecule has 72 valence electrons. The van der Waals surface area contributed by atoms with Gasteiger partial charge in [-0.3, -0.25) is 4.98 Å². The molecule has 0 atom stereocenters. The van der Waals surface area contributed by atoms with Crippen molar-refractivity contribution in [2.24, 2.45) is 0 Å². The molecule has 0 saturated heterocycles. The first-order valence-corrected chi connectivity index (χ1v) is 5.26. The summed E-state index contributed by atoms with van der Waals surface area (Å²) in [4.78, 5) is 3.45. The molecule has 1 aromatic carbocycles. The Morgan fingerprint density at radius 1 is 1.14 bits per heavy atom. The number of rotatable bonds is 1. The maximum absolute atomic E-state index is 12.8. The van der Waals surface area contributed by atoms with Crippen molar-refractivity contribution in [3.05, 3.63) is 36.5 Å². The molecule has 2 rings (SSSR count). The largest absolute Gasteiger partial charge is 0.334 e. The summed E-state index contributed by atoms with van der Waals surface area (Å²) in [7, 11) is -4.69. The van der Waals surface area contributed by atoms with Crippen LogP contribution in [0.25, 0.3) is 10.9 Å². The predicted octanol–water partition coefficient (Wildman–Crippen LogP) is 1.89. The van der Waals surface area contributed by atoms with Gasteiger partial charge in [-0.05, 0) is 12.1 Å². The van der Waals surface area contributed by atoms with Crippen LogP contribution in [0.15, 0.2) is 41.4 Å². The zero-order valence-corrected chi connectivity index (χ0v) is 7.83. The van der Waals surface area contributed by atoms with Crippen molar-refractivity contribution in [1.82, 2.24) is 4.98 Å². The van der Waals surface area contributed by atoms with Gasteiger partial charge in [0, 0.05) is 11.6 Å². The van der Waals surface area contributed by atoms with E-state index in [2.05, 4.69) is 4.98 Å². The predicted molar refractivity (Wildman–Crippen MR) is 50.0 cm³/mol. The molecule has 3 nitrogen and oxygen atoms in total. The molecular formula is C9H6FNO2S. The molecular weight excluding hydrogens is 205 g/mol. The van der Waals surface area contributed by atoms with Gasteiger partial charge in [-0.2, -0.15) is 8.42 Å². The molecule has 0 radical (unpaired) electrons. The van der Waals surface area contributed by atoms with Crippen LogP contribution in [0.3, 0.4) is 0 Å². The number of hydrogen-bond donors (Lipinski definition) is 0. The fraction of sp³-hybridized carbons (Fsp3) is 0. The number of nitrogens with zero attached hydrogens (tertiary/aromatic N) is 1. The third-order valence-electron chi connectivity index (χ3n) is 1.86. The van der Waals surface area contributed by atoms with Gasteiger partial charge in [-0.15, -0.1) is 3.89 Å². The van der Waals surface area contributed by atoms with E-state index in [4.69, 9.17) is 0 Å². The maximum atomic E-state index is 12.8. The molecule has 0 aliphatic rings. The van der Waals surface area contributed by atoms with Crippen molar-refractivity contribution in [2.45, 2.75) is 4.90 Å². The molecule has 0 bridgehead atoms. The summed E-state index contributed by atoms with van der Waals surface area (Å²) in [5, 5.41) is 0.603. The summed E-state index contributed by atoms with van der Waals surface area (Å²) in [6, 6.07) is 7.70. The summed E-state index contributed by atoms with van der Waals surface area (Å²) < 4.78 is 34.3. The van der Waals surface area contributed by atoms with Crippen molar-refractivity contribution in [3.63, 3.8) is 0 Å². The van der Waals surface area contributed by atoms with Crippen LogP contribution >= 0.6 is 0 Å². The zero-order valence-electron chi connectivity index (χ0n) is 7.01. The van der Waals surface area contributed by atoms with E-state index in [-0.39, 0.29) is 10.4 Å². The molecule has 14 heavy (non-hydrogen) atoms. The minimum absolute atomic E-state index is 0.164. The van der Waals surface area contributed by atoms with Gasteiger partial charge in [-0.25, -0.2) is 0 Å². The average Bonchev–Trinajstić information content (AvgIpc) is 2.15. The van der Waals surface area contributed by atoms with E-state index in [0.29, 0.717) is 5.39 Å². The Morgan fingerprint density at radius 2 is 1.86 bits per heavy atom. The molecule has 0 saturated carbocycles. The van der Waals surface area contributed by atoms with Gasteiger partial charge in [-0.1, -0.05) is 18.2 Å². The number of halogens is 1. The minimum atomic E-state index is -4.69. The fourth-order valence-corrected chi connectivity index (χ4v) is 1.92. The number of pyridine rings is 1. The highest BCUT2D eigenvalue weighted by Crippen LogP contribution is 2.21. The standard InChI is InChI=1S/C9H6FNO2S/c10-14(12,13)8-5-1-3-7-4-2-6-11-9(7)8/h1-6H. The van der Waals surface area contributed by atoms with Crippen molar-refractivity contribution in [2.75, 3.05) is 0 Å². The minimum Gasteiger partial charge on any atom is -0.255 e. The molecule has 0 fully saturated rings. The lowest BCUT2D eigenvalue weighted by molar-refractivity contribution is 0.553. The second kappa shape index (κ2) is 3.02. The molecule has 1 heterocycles. The highest BCUT2D eigenvalue weighted by Gasteiger charge is 2.15. The smallest absolute Gasteiger partial charge is 0.255 e. The molecule has 0 N–H and O–H groups in total. The van der Waals surface area contributed by atoms with Gasteiger partial charge in [0.1, 0.15) is 4.90 Å². The number of aromatic nitrogens is 1. The van der Waals surface area contributed by atoms with Gasteiger partial charge in [0.2, 0.25) is 0 Å². The van der Waals surface area contributed by atoms with Crippen LogP contribution < -0.4 is 0 Å². The lowest BCUT2D eigenvalue weighted by Crippen LogP contribution is -1.94. The van der Waals surface area contributed by atoms with Gasteiger partial charge in [0.15, 0.2) is 0 Å². The second-order valence-corrected chi connectivity index (χ2v) is 4.08. The monoisotopic (exact) mass is 211 g/mol. The summed E-state index contributed by atoms with van der Waals surface area (Å²) in [6.45, 7) is 0. The van der Waals surface area contributed by atoms with Crippen LogP contribution in [-0.2, 0) is 10.2 Å². The van der Waals surface area contributed by atoms with Crippen LogP contribution in [0.4, 0.5) is 3.89 Å². The SMILES string of the molecule is O=S(=O)(F)c1cccc2cccnc12. The van der Waals surface area contributed by atoms with Gasteiger partial charge in [0.05, 0.1) is 5.52 Å². The highest BCUT2D eigenvalue weighted by molar-refractivity contribution is 7.86. The van der Waals surface area contributed by atoms with E-state index < -0.39 is 10.2 Å². The van der Waals surface area contributed by atoms with Crippen molar-refractivity contribution < 1.29 is 12.3 Å². The molecule has 0 aliphatic carbocycles. The van der Waals surface area contributed by atoms with Crippen LogP contribution in [0.2, 0.25) is 0 Å². The van der Waals surface area contributed by atoms with Crippen LogP contribution in [0.1, 0.15) is 0 Å². The van der Waals surface area contributed by atoms with E-state index in [0.717, 1.165) is 0 Å². The fourth-order valence-electron chi connectivity index (χ4n) is 1.27. The molecule has 2 aromatic rings. The Labute approximate surface area is 80.4 Å².